The second-order valence-electron chi connectivity index (χ2n) is 6.09. The van der Waals surface area contributed by atoms with Crippen LogP contribution in [0.25, 0.3) is 0 Å². The Morgan fingerprint density at radius 3 is 2.80 bits per heavy atom. The van der Waals surface area contributed by atoms with E-state index in [0.29, 0.717) is 24.6 Å². The summed E-state index contributed by atoms with van der Waals surface area (Å²) in [5, 5.41) is 15.4. The Morgan fingerprint density at radius 2 is 2.12 bits per heavy atom. The van der Waals surface area contributed by atoms with Crippen LogP contribution in [0.2, 0.25) is 0 Å². The van der Waals surface area contributed by atoms with Crippen molar-refractivity contribution in [2.75, 3.05) is 46.4 Å². The summed E-state index contributed by atoms with van der Waals surface area (Å²) in [5.74, 6) is 1.42. The minimum Gasteiger partial charge on any atom is -0.508 e. The Bertz CT molecular complexity index is 574. The van der Waals surface area contributed by atoms with E-state index in [4.69, 9.17) is 4.74 Å². The fourth-order valence-corrected chi connectivity index (χ4v) is 2.87. The lowest BCUT2D eigenvalue weighted by atomic mass is 10.1. The van der Waals surface area contributed by atoms with Crippen molar-refractivity contribution in [1.29, 1.82) is 0 Å². The summed E-state index contributed by atoms with van der Waals surface area (Å²) in [7, 11) is 1.73. The summed E-state index contributed by atoms with van der Waals surface area (Å²) in [6, 6.07) is 6.19. The molecule has 1 atom stereocenters. The number of ether oxygens (including phenoxy) is 1. The summed E-state index contributed by atoms with van der Waals surface area (Å²) < 4.78 is 5.24. The van der Waals surface area contributed by atoms with Crippen LogP contribution in [-0.2, 0) is 4.74 Å². The van der Waals surface area contributed by atoms with E-state index < -0.39 is 0 Å². The molecule has 0 aromatic heterocycles. The van der Waals surface area contributed by atoms with Gasteiger partial charge in [-0.3, -0.25) is 9.79 Å². The number of hydrogen-bond acceptors (Lipinski definition) is 4. The summed E-state index contributed by atoms with van der Waals surface area (Å²) in [6.45, 7) is 6.52. The van der Waals surface area contributed by atoms with Gasteiger partial charge >= 0.3 is 0 Å². The van der Waals surface area contributed by atoms with Gasteiger partial charge in [-0.25, -0.2) is 0 Å². The average molecular weight is 348 g/mol. The van der Waals surface area contributed by atoms with Gasteiger partial charge in [0.25, 0.3) is 5.91 Å². The molecule has 2 rings (SSSR count). The fourth-order valence-electron chi connectivity index (χ4n) is 2.87. The lowest BCUT2D eigenvalue weighted by molar-refractivity contribution is 0.0955. The molecule has 0 aliphatic carbocycles. The number of carbonyl (C=O) groups is 1. The first-order valence-electron chi connectivity index (χ1n) is 8.73. The van der Waals surface area contributed by atoms with Gasteiger partial charge in [0, 0.05) is 44.8 Å². The van der Waals surface area contributed by atoms with E-state index in [1.807, 2.05) is 6.92 Å². The summed E-state index contributed by atoms with van der Waals surface area (Å²) in [5.41, 5.74) is 0.524. The normalized spacial score (nSPS) is 17.6. The third-order valence-corrected chi connectivity index (χ3v) is 4.11. The van der Waals surface area contributed by atoms with Crippen molar-refractivity contribution in [3.63, 3.8) is 0 Å². The highest BCUT2D eigenvalue weighted by Gasteiger charge is 2.24. The number of phenolic OH excluding ortho intramolecular Hbond substituents is 1. The molecule has 1 fully saturated rings. The molecule has 1 aliphatic rings. The highest BCUT2D eigenvalue weighted by Crippen LogP contribution is 2.16. The van der Waals surface area contributed by atoms with Crippen molar-refractivity contribution >= 4 is 11.9 Å². The topological polar surface area (TPSA) is 86.2 Å². The summed E-state index contributed by atoms with van der Waals surface area (Å²) in [6.07, 6.45) is 1.11. The number of methoxy groups -OCH3 is 1. The van der Waals surface area contributed by atoms with Gasteiger partial charge in [-0.05, 0) is 37.6 Å². The average Bonchev–Trinajstić information content (AvgIpc) is 3.07. The van der Waals surface area contributed by atoms with Gasteiger partial charge in [0.05, 0.1) is 13.2 Å². The largest absolute Gasteiger partial charge is 0.508 e. The van der Waals surface area contributed by atoms with E-state index in [1.54, 1.807) is 19.2 Å². The van der Waals surface area contributed by atoms with E-state index in [-0.39, 0.29) is 11.7 Å². The lowest BCUT2D eigenvalue weighted by Crippen LogP contribution is -2.40. The summed E-state index contributed by atoms with van der Waals surface area (Å²) >= 11 is 0. The molecule has 3 N–H and O–H groups in total. The Labute approximate surface area is 149 Å². The number of aliphatic imine (C=N–C) groups is 1. The molecule has 0 saturated carbocycles. The first-order chi connectivity index (χ1) is 12.1. The van der Waals surface area contributed by atoms with Gasteiger partial charge in [-0.2, -0.15) is 0 Å². The zero-order chi connectivity index (χ0) is 18.1. The Kier molecular flexibility index (Phi) is 7.53. The molecule has 25 heavy (non-hydrogen) atoms. The second kappa shape index (κ2) is 9.88. The van der Waals surface area contributed by atoms with Crippen molar-refractivity contribution in [2.45, 2.75) is 13.3 Å². The monoisotopic (exact) mass is 348 g/mol. The number of hydrogen-bond donors (Lipinski definition) is 3. The van der Waals surface area contributed by atoms with Crippen LogP contribution in [0.4, 0.5) is 0 Å². The van der Waals surface area contributed by atoms with Crippen molar-refractivity contribution in [1.82, 2.24) is 15.5 Å². The van der Waals surface area contributed by atoms with Crippen molar-refractivity contribution in [3.05, 3.63) is 29.8 Å². The molecule has 0 spiro atoms. The first-order valence-corrected chi connectivity index (χ1v) is 8.73. The first kappa shape index (κ1) is 19.1. The molecule has 1 unspecified atom stereocenters. The number of aromatic hydroxyl groups is 1. The second-order valence-corrected chi connectivity index (χ2v) is 6.09. The zero-order valence-electron chi connectivity index (χ0n) is 15.0. The number of likely N-dealkylation sites (tertiary alicyclic amines) is 1. The van der Waals surface area contributed by atoms with E-state index in [0.717, 1.165) is 38.6 Å². The minimum absolute atomic E-state index is 0.147. The van der Waals surface area contributed by atoms with E-state index in [2.05, 4.69) is 20.5 Å². The number of phenols is 1. The van der Waals surface area contributed by atoms with E-state index in [1.165, 1.54) is 12.1 Å². The van der Waals surface area contributed by atoms with Gasteiger partial charge in [0.2, 0.25) is 0 Å². The molecule has 1 amide bonds. The predicted octanol–water partition coefficient (Wildman–Crippen LogP) is 1.06. The van der Waals surface area contributed by atoms with Crippen molar-refractivity contribution in [3.8, 4) is 5.75 Å². The lowest BCUT2D eigenvalue weighted by Gasteiger charge is -2.21. The van der Waals surface area contributed by atoms with Crippen molar-refractivity contribution in [2.24, 2.45) is 10.9 Å². The molecule has 1 aromatic carbocycles. The zero-order valence-corrected chi connectivity index (χ0v) is 15.0. The molecule has 138 valence electrons. The molecule has 1 saturated heterocycles. The fraction of sp³-hybridized carbons (Fsp3) is 0.556. The molecular weight excluding hydrogens is 320 g/mol. The Morgan fingerprint density at radius 1 is 1.36 bits per heavy atom. The van der Waals surface area contributed by atoms with Crippen LogP contribution in [-0.4, -0.2) is 68.3 Å². The molecule has 0 bridgehead atoms. The van der Waals surface area contributed by atoms with Crippen molar-refractivity contribution < 1.29 is 14.6 Å². The van der Waals surface area contributed by atoms with Crippen LogP contribution in [0.15, 0.2) is 29.3 Å². The van der Waals surface area contributed by atoms with Crippen LogP contribution < -0.4 is 10.6 Å². The number of nitrogens with one attached hydrogen (secondary N) is 2. The number of benzene rings is 1. The molecule has 1 aliphatic heterocycles. The maximum absolute atomic E-state index is 12.0. The van der Waals surface area contributed by atoms with Gasteiger partial charge < -0.3 is 25.4 Å². The van der Waals surface area contributed by atoms with Gasteiger partial charge in [-0.1, -0.05) is 0 Å². The maximum Gasteiger partial charge on any atom is 0.251 e. The number of rotatable bonds is 7. The van der Waals surface area contributed by atoms with Crippen LogP contribution >= 0.6 is 0 Å². The molecule has 0 radical (unpaired) electrons. The predicted molar refractivity (Wildman–Crippen MR) is 98.0 cm³/mol. The minimum atomic E-state index is -0.165. The number of carbonyl (C=O) groups excluding carboxylic acids is 1. The van der Waals surface area contributed by atoms with Crippen LogP contribution in [0.5, 0.6) is 5.75 Å². The highest BCUT2D eigenvalue weighted by atomic mass is 16.5. The number of nitrogens with zero attached hydrogens (tertiary/aromatic N) is 2. The van der Waals surface area contributed by atoms with Gasteiger partial charge in [0.15, 0.2) is 5.96 Å². The molecule has 7 nitrogen and oxygen atoms in total. The van der Waals surface area contributed by atoms with E-state index >= 15 is 0 Å². The highest BCUT2D eigenvalue weighted by molar-refractivity contribution is 5.94. The SMILES string of the molecule is CCNC(=NCCNC(=O)c1ccc(O)cc1)N1CCC(COC)C1. The molecule has 7 heteroatoms. The van der Waals surface area contributed by atoms with E-state index in [9.17, 15) is 9.90 Å². The maximum atomic E-state index is 12.0. The third kappa shape index (κ3) is 5.94. The Balaban J connectivity index is 1.81. The standard InChI is InChI=1S/C18H28N4O3/c1-3-19-18(22-11-8-14(12-22)13-25-2)21-10-9-20-17(24)15-4-6-16(23)7-5-15/h4-7,14,23H,3,8-13H2,1-2H3,(H,19,21)(H,20,24). The van der Waals surface area contributed by atoms with Crippen LogP contribution in [0, 0.1) is 5.92 Å². The summed E-state index contributed by atoms with van der Waals surface area (Å²) in [4.78, 5) is 18.9. The van der Waals surface area contributed by atoms with Crippen LogP contribution in [0.3, 0.4) is 0 Å². The Hall–Kier alpha value is -2.28. The number of guanidine groups is 1. The quantitative estimate of drug-likeness (QED) is 0.390. The smallest absolute Gasteiger partial charge is 0.251 e. The number of amides is 1. The molecule has 1 aromatic rings. The van der Waals surface area contributed by atoms with Crippen LogP contribution in [0.1, 0.15) is 23.7 Å². The van der Waals surface area contributed by atoms with Gasteiger partial charge in [0.1, 0.15) is 5.75 Å². The molecular formula is C18H28N4O3. The van der Waals surface area contributed by atoms with Gasteiger partial charge in [-0.15, -0.1) is 0 Å². The third-order valence-electron chi connectivity index (χ3n) is 4.11. The molecule has 1 heterocycles.